The number of hydrazone groups is 1. The number of hydrogen-bond acceptors (Lipinski definition) is 4. The molecule has 0 radical (unpaired) electrons. The number of likely N-dealkylation sites (N-methyl/N-ethyl adjacent to an activating group) is 1. The summed E-state index contributed by atoms with van der Waals surface area (Å²) in [5.41, 5.74) is 8.82. The van der Waals surface area contributed by atoms with Crippen molar-refractivity contribution in [2.45, 2.75) is 0 Å². The van der Waals surface area contributed by atoms with E-state index in [0.717, 1.165) is 11.3 Å². The normalized spacial score (nSPS) is 10.5. The molecule has 2 amide bonds. The van der Waals surface area contributed by atoms with Gasteiger partial charge in [-0.25, -0.2) is 10.2 Å². The second kappa shape index (κ2) is 6.49. The van der Waals surface area contributed by atoms with Crippen LogP contribution < -0.4 is 16.1 Å². The zero-order chi connectivity index (χ0) is 12.7. The summed E-state index contributed by atoms with van der Waals surface area (Å²) in [5.74, 6) is 0. The van der Waals surface area contributed by atoms with Gasteiger partial charge < -0.3 is 15.7 Å². The minimum Gasteiger partial charge on any atom is -0.395 e. The van der Waals surface area contributed by atoms with Crippen molar-refractivity contribution in [1.82, 2.24) is 5.43 Å². The summed E-state index contributed by atoms with van der Waals surface area (Å²) >= 11 is 0. The number of anilines is 1. The lowest BCUT2D eigenvalue weighted by atomic mass is 10.2. The summed E-state index contributed by atoms with van der Waals surface area (Å²) in [6, 6.07) is 6.83. The van der Waals surface area contributed by atoms with Crippen molar-refractivity contribution in [3.05, 3.63) is 29.8 Å². The highest BCUT2D eigenvalue weighted by atomic mass is 16.3. The number of amides is 2. The van der Waals surface area contributed by atoms with Crippen LogP contribution in [0.3, 0.4) is 0 Å². The first-order chi connectivity index (χ1) is 8.13. The highest BCUT2D eigenvalue weighted by molar-refractivity contribution is 5.82. The van der Waals surface area contributed by atoms with Crippen molar-refractivity contribution in [2.24, 2.45) is 10.8 Å². The topological polar surface area (TPSA) is 90.9 Å². The number of carbonyl (C=O) groups excluding carboxylic acids is 1. The summed E-state index contributed by atoms with van der Waals surface area (Å²) < 4.78 is 0. The highest BCUT2D eigenvalue weighted by Gasteiger charge is 1.98. The van der Waals surface area contributed by atoms with E-state index < -0.39 is 6.03 Å². The lowest BCUT2D eigenvalue weighted by Crippen LogP contribution is -2.24. The summed E-state index contributed by atoms with van der Waals surface area (Å²) in [4.78, 5) is 12.3. The summed E-state index contributed by atoms with van der Waals surface area (Å²) in [6.45, 7) is 0.693. The number of carbonyl (C=O) groups is 1. The monoisotopic (exact) mass is 236 g/mol. The maximum absolute atomic E-state index is 10.4. The molecule has 1 aromatic carbocycles. The Morgan fingerprint density at radius 1 is 1.53 bits per heavy atom. The minimum absolute atomic E-state index is 0.113. The van der Waals surface area contributed by atoms with E-state index in [1.165, 1.54) is 6.21 Å². The van der Waals surface area contributed by atoms with Crippen LogP contribution >= 0.6 is 0 Å². The molecule has 0 fully saturated rings. The van der Waals surface area contributed by atoms with Crippen molar-refractivity contribution < 1.29 is 9.90 Å². The molecular formula is C11H16N4O2. The summed E-state index contributed by atoms with van der Waals surface area (Å²) in [5, 5.41) is 12.5. The van der Waals surface area contributed by atoms with Crippen molar-refractivity contribution >= 4 is 17.9 Å². The van der Waals surface area contributed by atoms with Gasteiger partial charge in [0.05, 0.1) is 12.8 Å². The lowest BCUT2D eigenvalue weighted by Gasteiger charge is -2.17. The Morgan fingerprint density at radius 2 is 2.18 bits per heavy atom. The molecule has 0 spiro atoms. The predicted molar refractivity (Wildman–Crippen MR) is 67.1 cm³/mol. The van der Waals surface area contributed by atoms with E-state index >= 15 is 0 Å². The van der Waals surface area contributed by atoms with Gasteiger partial charge in [-0.15, -0.1) is 0 Å². The number of hydrogen-bond donors (Lipinski definition) is 3. The third-order valence-corrected chi connectivity index (χ3v) is 2.16. The summed E-state index contributed by atoms with van der Waals surface area (Å²) in [6.07, 6.45) is 1.50. The van der Waals surface area contributed by atoms with Gasteiger partial charge in [0.15, 0.2) is 0 Å². The van der Waals surface area contributed by atoms with Crippen LogP contribution in [0, 0.1) is 0 Å². The molecule has 0 aliphatic rings. The van der Waals surface area contributed by atoms with E-state index in [1.54, 1.807) is 0 Å². The molecule has 4 N–H and O–H groups in total. The average Bonchev–Trinajstić information content (AvgIpc) is 2.30. The number of nitrogens with two attached hydrogens (primary N) is 1. The molecular weight excluding hydrogens is 220 g/mol. The Morgan fingerprint density at radius 3 is 2.71 bits per heavy atom. The fourth-order valence-electron chi connectivity index (χ4n) is 1.26. The quantitative estimate of drug-likeness (QED) is 0.501. The van der Waals surface area contributed by atoms with Crippen LogP contribution in [-0.4, -0.2) is 37.6 Å². The first-order valence-electron chi connectivity index (χ1n) is 5.14. The van der Waals surface area contributed by atoms with Gasteiger partial charge in [0.2, 0.25) is 0 Å². The zero-order valence-electron chi connectivity index (χ0n) is 9.63. The molecule has 0 aliphatic heterocycles. The average molecular weight is 236 g/mol. The Hall–Kier alpha value is -2.08. The molecule has 0 aliphatic carbocycles. The molecule has 0 atom stereocenters. The van der Waals surface area contributed by atoms with Crippen molar-refractivity contribution in [3.8, 4) is 0 Å². The Labute approximate surface area is 99.7 Å². The smallest absolute Gasteiger partial charge is 0.332 e. The summed E-state index contributed by atoms with van der Waals surface area (Å²) in [7, 11) is 1.90. The lowest BCUT2D eigenvalue weighted by molar-refractivity contribution is 0.249. The number of aliphatic hydroxyl groups is 1. The van der Waals surface area contributed by atoms with Gasteiger partial charge in [0, 0.05) is 19.3 Å². The van der Waals surface area contributed by atoms with Crippen LogP contribution in [0.25, 0.3) is 0 Å². The number of benzene rings is 1. The molecule has 1 rings (SSSR count). The Bertz CT molecular complexity index is 389. The van der Waals surface area contributed by atoms with Gasteiger partial charge >= 0.3 is 6.03 Å². The molecule has 0 saturated carbocycles. The fraction of sp³-hybridized carbons (Fsp3) is 0.273. The van der Waals surface area contributed by atoms with Gasteiger partial charge in [-0.05, 0) is 17.7 Å². The first kappa shape index (κ1) is 13.0. The van der Waals surface area contributed by atoms with E-state index in [-0.39, 0.29) is 6.61 Å². The fourth-order valence-corrected chi connectivity index (χ4v) is 1.26. The second-order valence-electron chi connectivity index (χ2n) is 3.47. The van der Waals surface area contributed by atoms with Crippen LogP contribution in [0.2, 0.25) is 0 Å². The SMILES string of the molecule is CN(CCO)c1ccc(/C=N\NC(N)=O)cc1. The molecule has 6 heteroatoms. The number of aliphatic hydroxyl groups excluding tert-OH is 1. The number of urea groups is 1. The predicted octanol–water partition coefficient (Wildman–Crippen LogP) is 0.117. The van der Waals surface area contributed by atoms with E-state index in [9.17, 15) is 4.79 Å². The second-order valence-corrected chi connectivity index (χ2v) is 3.47. The van der Waals surface area contributed by atoms with Gasteiger partial charge in [-0.3, -0.25) is 0 Å². The van der Waals surface area contributed by atoms with Gasteiger partial charge in [0.1, 0.15) is 0 Å². The van der Waals surface area contributed by atoms with Crippen LogP contribution in [-0.2, 0) is 0 Å². The largest absolute Gasteiger partial charge is 0.395 e. The van der Waals surface area contributed by atoms with Crippen molar-refractivity contribution in [2.75, 3.05) is 25.1 Å². The molecule has 0 bridgehead atoms. The number of nitrogens with one attached hydrogen (secondary N) is 1. The number of nitrogens with zero attached hydrogens (tertiary/aromatic N) is 2. The standard InChI is InChI=1S/C11H16N4O2/c1-15(6-7-16)10-4-2-9(3-5-10)8-13-14-11(12)17/h2-5,8,16H,6-7H2,1H3,(H3,12,14,17)/b13-8-. The molecule has 6 nitrogen and oxygen atoms in total. The maximum atomic E-state index is 10.4. The zero-order valence-corrected chi connectivity index (χ0v) is 9.63. The highest BCUT2D eigenvalue weighted by Crippen LogP contribution is 2.12. The molecule has 0 unspecified atom stereocenters. The third-order valence-electron chi connectivity index (χ3n) is 2.16. The molecule has 1 aromatic rings. The van der Waals surface area contributed by atoms with Gasteiger partial charge in [-0.2, -0.15) is 5.10 Å². The number of rotatable bonds is 5. The van der Waals surface area contributed by atoms with E-state index in [1.807, 2.05) is 36.2 Å². The van der Waals surface area contributed by atoms with E-state index in [4.69, 9.17) is 10.8 Å². The molecule has 0 saturated heterocycles. The molecule has 17 heavy (non-hydrogen) atoms. The third kappa shape index (κ3) is 4.52. The van der Waals surface area contributed by atoms with Crippen molar-refractivity contribution in [1.29, 1.82) is 0 Å². The van der Waals surface area contributed by atoms with Crippen molar-refractivity contribution in [3.63, 3.8) is 0 Å². The first-order valence-corrected chi connectivity index (χ1v) is 5.14. The minimum atomic E-state index is -0.694. The van der Waals surface area contributed by atoms with Crippen LogP contribution in [0.1, 0.15) is 5.56 Å². The van der Waals surface area contributed by atoms with Crippen LogP contribution in [0.15, 0.2) is 29.4 Å². The Kier molecular flexibility index (Phi) is 4.96. The van der Waals surface area contributed by atoms with Crippen LogP contribution in [0.5, 0.6) is 0 Å². The molecule has 0 aromatic heterocycles. The van der Waals surface area contributed by atoms with E-state index in [0.29, 0.717) is 6.54 Å². The van der Waals surface area contributed by atoms with Gasteiger partial charge in [0.25, 0.3) is 0 Å². The number of primary amides is 1. The maximum Gasteiger partial charge on any atom is 0.332 e. The molecule has 92 valence electrons. The molecule has 0 heterocycles. The van der Waals surface area contributed by atoms with E-state index in [2.05, 4.69) is 10.5 Å². The Balaban J connectivity index is 2.61. The van der Waals surface area contributed by atoms with Crippen LogP contribution in [0.4, 0.5) is 10.5 Å². The van der Waals surface area contributed by atoms with Gasteiger partial charge in [-0.1, -0.05) is 12.1 Å².